The van der Waals surface area contributed by atoms with Crippen molar-refractivity contribution in [2.24, 2.45) is 0 Å². The summed E-state index contributed by atoms with van der Waals surface area (Å²) >= 11 is 0.0912. The van der Waals surface area contributed by atoms with Crippen molar-refractivity contribution in [2.45, 2.75) is 0 Å². The molecular formula is C15H11NOSe. The summed E-state index contributed by atoms with van der Waals surface area (Å²) in [5.41, 5.74) is 0.933. The molecule has 88 valence electrons. The van der Waals surface area contributed by atoms with E-state index >= 15 is 0 Å². The Morgan fingerprint density at radius 3 is 2.44 bits per heavy atom. The number of hydrogen-bond acceptors (Lipinski definition) is 2. The SMILES string of the molecule is Oc1cnc2ccccc2c1[Se]c1ccccc1. The third-order valence-electron chi connectivity index (χ3n) is 2.67. The molecular weight excluding hydrogens is 289 g/mol. The van der Waals surface area contributed by atoms with Crippen molar-refractivity contribution in [1.29, 1.82) is 0 Å². The number of nitrogens with zero attached hydrogens (tertiary/aromatic N) is 1. The van der Waals surface area contributed by atoms with Crippen molar-refractivity contribution in [1.82, 2.24) is 4.98 Å². The molecule has 0 aliphatic rings. The Kier molecular flexibility index (Phi) is 3.01. The Hall–Kier alpha value is -1.83. The number of pyridine rings is 1. The zero-order chi connectivity index (χ0) is 12.4. The fraction of sp³-hybridized carbons (Fsp3) is 0. The van der Waals surface area contributed by atoms with Crippen LogP contribution in [0.1, 0.15) is 0 Å². The maximum atomic E-state index is 10.0. The summed E-state index contributed by atoms with van der Waals surface area (Å²) in [6.07, 6.45) is 1.54. The molecule has 3 rings (SSSR count). The summed E-state index contributed by atoms with van der Waals surface area (Å²) in [4.78, 5) is 4.24. The first kappa shape index (κ1) is 11.3. The Labute approximate surface area is 111 Å². The molecule has 3 heteroatoms. The summed E-state index contributed by atoms with van der Waals surface area (Å²) in [7, 11) is 0. The van der Waals surface area contributed by atoms with Crippen molar-refractivity contribution in [3.8, 4) is 5.75 Å². The van der Waals surface area contributed by atoms with Gasteiger partial charge < -0.3 is 0 Å². The van der Waals surface area contributed by atoms with Gasteiger partial charge in [0.25, 0.3) is 0 Å². The predicted molar refractivity (Wildman–Crippen MR) is 74.9 cm³/mol. The van der Waals surface area contributed by atoms with E-state index in [1.54, 1.807) is 6.20 Å². The van der Waals surface area contributed by atoms with Gasteiger partial charge in [-0.3, -0.25) is 0 Å². The van der Waals surface area contributed by atoms with Crippen LogP contribution in [0.3, 0.4) is 0 Å². The predicted octanol–water partition coefficient (Wildman–Crippen LogP) is 1.60. The minimum absolute atomic E-state index is 0.0912. The number of fused-ring (bicyclic) bond motifs is 1. The minimum atomic E-state index is 0.0912. The van der Waals surface area contributed by atoms with Crippen molar-refractivity contribution in [3.63, 3.8) is 0 Å². The van der Waals surface area contributed by atoms with Crippen molar-refractivity contribution in [3.05, 3.63) is 60.8 Å². The molecule has 0 aliphatic heterocycles. The van der Waals surface area contributed by atoms with Crippen LogP contribution in [0.2, 0.25) is 0 Å². The number of hydrogen-bond donors (Lipinski definition) is 1. The molecule has 0 spiro atoms. The van der Waals surface area contributed by atoms with Crippen molar-refractivity contribution < 1.29 is 5.11 Å². The zero-order valence-electron chi connectivity index (χ0n) is 9.58. The van der Waals surface area contributed by atoms with Gasteiger partial charge in [-0.2, -0.15) is 0 Å². The van der Waals surface area contributed by atoms with Crippen LogP contribution in [0.25, 0.3) is 10.9 Å². The third kappa shape index (κ3) is 2.10. The molecule has 2 nitrogen and oxygen atoms in total. The van der Waals surface area contributed by atoms with Gasteiger partial charge in [-0.25, -0.2) is 0 Å². The fourth-order valence-corrected chi connectivity index (χ4v) is 3.85. The molecule has 0 aliphatic carbocycles. The van der Waals surface area contributed by atoms with E-state index in [1.807, 2.05) is 42.5 Å². The van der Waals surface area contributed by atoms with Gasteiger partial charge in [0.2, 0.25) is 0 Å². The number of aromatic hydroxyl groups is 1. The molecule has 0 saturated carbocycles. The van der Waals surface area contributed by atoms with Gasteiger partial charge in [0, 0.05) is 0 Å². The number of benzene rings is 2. The van der Waals surface area contributed by atoms with Crippen LogP contribution in [0.4, 0.5) is 0 Å². The van der Waals surface area contributed by atoms with E-state index in [0.29, 0.717) is 0 Å². The van der Waals surface area contributed by atoms with Gasteiger partial charge in [-0.1, -0.05) is 0 Å². The maximum absolute atomic E-state index is 10.0. The molecule has 1 N–H and O–H groups in total. The average molecular weight is 300 g/mol. The second kappa shape index (κ2) is 4.81. The molecule has 18 heavy (non-hydrogen) atoms. The van der Waals surface area contributed by atoms with E-state index in [-0.39, 0.29) is 20.7 Å². The monoisotopic (exact) mass is 301 g/mol. The topological polar surface area (TPSA) is 33.1 Å². The summed E-state index contributed by atoms with van der Waals surface area (Å²) in [6.45, 7) is 0. The second-order valence-corrected chi connectivity index (χ2v) is 6.18. The first-order valence-corrected chi connectivity index (χ1v) is 7.35. The van der Waals surface area contributed by atoms with E-state index in [0.717, 1.165) is 15.4 Å². The van der Waals surface area contributed by atoms with Crippen LogP contribution in [0.15, 0.2) is 60.8 Å². The van der Waals surface area contributed by atoms with Gasteiger partial charge in [-0.05, 0) is 0 Å². The van der Waals surface area contributed by atoms with E-state index in [4.69, 9.17) is 0 Å². The molecule has 2 aromatic carbocycles. The van der Waals surface area contributed by atoms with E-state index in [1.165, 1.54) is 4.46 Å². The van der Waals surface area contributed by atoms with E-state index < -0.39 is 0 Å². The van der Waals surface area contributed by atoms with Crippen LogP contribution in [-0.4, -0.2) is 25.0 Å². The molecule has 0 radical (unpaired) electrons. The van der Waals surface area contributed by atoms with Crippen LogP contribution >= 0.6 is 0 Å². The summed E-state index contributed by atoms with van der Waals surface area (Å²) in [5.74, 6) is 0.289. The number of aromatic nitrogens is 1. The summed E-state index contributed by atoms with van der Waals surface area (Å²) in [6, 6.07) is 18.2. The average Bonchev–Trinajstić information content (AvgIpc) is 2.43. The quantitative estimate of drug-likeness (QED) is 0.729. The van der Waals surface area contributed by atoms with Gasteiger partial charge in [0.1, 0.15) is 0 Å². The Morgan fingerprint density at radius 2 is 1.61 bits per heavy atom. The molecule has 1 aromatic heterocycles. The first-order chi connectivity index (χ1) is 8.84. The summed E-state index contributed by atoms with van der Waals surface area (Å²) < 4.78 is 2.25. The van der Waals surface area contributed by atoms with Crippen molar-refractivity contribution in [2.75, 3.05) is 0 Å². The molecule has 0 fully saturated rings. The van der Waals surface area contributed by atoms with Crippen LogP contribution < -0.4 is 8.92 Å². The molecule has 0 amide bonds. The zero-order valence-corrected chi connectivity index (χ0v) is 11.3. The van der Waals surface area contributed by atoms with Gasteiger partial charge in [-0.15, -0.1) is 0 Å². The van der Waals surface area contributed by atoms with E-state index in [2.05, 4.69) is 17.1 Å². The van der Waals surface area contributed by atoms with Crippen LogP contribution in [0.5, 0.6) is 5.75 Å². The molecule has 3 aromatic rings. The normalized spacial score (nSPS) is 10.7. The van der Waals surface area contributed by atoms with Gasteiger partial charge >= 0.3 is 111 Å². The van der Waals surface area contributed by atoms with E-state index in [9.17, 15) is 5.11 Å². The Bertz CT molecular complexity index is 682. The molecule has 0 unspecified atom stereocenters. The Morgan fingerprint density at radius 1 is 0.889 bits per heavy atom. The van der Waals surface area contributed by atoms with Crippen LogP contribution in [-0.2, 0) is 0 Å². The number of para-hydroxylation sites is 1. The first-order valence-electron chi connectivity index (χ1n) is 5.64. The van der Waals surface area contributed by atoms with Crippen LogP contribution in [0, 0.1) is 0 Å². The standard InChI is InChI=1S/C15H11NOSe/c17-14-10-16-13-9-5-4-8-12(13)15(14)18-11-6-2-1-3-7-11/h1-10,17H. The molecule has 0 bridgehead atoms. The molecule has 0 atom stereocenters. The second-order valence-electron chi connectivity index (χ2n) is 3.90. The molecule has 1 heterocycles. The van der Waals surface area contributed by atoms with Gasteiger partial charge in [0.05, 0.1) is 0 Å². The van der Waals surface area contributed by atoms with Crippen molar-refractivity contribution >= 4 is 34.8 Å². The third-order valence-corrected chi connectivity index (χ3v) is 5.06. The van der Waals surface area contributed by atoms with Gasteiger partial charge in [0.15, 0.2) is 0 Å². The fourth-order valence-electron chi connectivity index (χ4n) is 1.82. The Balaban J connectivity index is 2.13. The number of rotatable bonds is 2. The summed E-state index contributed by atoms with van der Waals surface area (Å²) in [5, 5.41) is 11.1. The molecule has 0 saturated heterocycles.